The molecular weight excluding hydrogens is 286 g/mol. The molecule has 110 valence electrons. The van der Waals surface area contributed by atoms with Crippen LogP contribution in [0, 0.1) is 0 Å². The van der Waals surface area contributed by atoms with Crippen LogP contribution in [0.1, 0.15) is 10.4 Å². The highest BCUT2D eigenvalue weighted by atomic mass is 16.2. The number of fused-ring (bicyclic) bond motifs is 1. The molecule has 0 aliphatic carbocycles. The summed E-state index contributed by atoms with van der Waals surface area (Å²) in [6, 6.07) is 23.3. The Labute approximate surface area is 133 Å². The fourth-order valence-electron chi connectivity index (χ4n) is 2.56. The molecule has 0 unspecified atom stereocenters. The van der Waals surface area contributed by atoms with E-state index in [0.717, 1.165) is 10.9 Å². The van der Waals surface area contributed by atoms with E-state index in [4.69, 9.17) is 0 Å². The molecule has 4 heteroatoms. The van der Waals surface area contributed by atoms with Crippen LogP contribution in [0.4, 0.5) is 0 Å². The van der Waals surface area contributed by atoms with Crippen LogP contribution in [0.15, 0.2) is 79.0 Å². The zero-order chi connectivity index (χ0) is 15.6. The smallest absolute Gasteiger partial charge is 0.267 e. The Balaban J connectivity index is 1.70. The van der Waals surface area contributed by atoms with E-state index in [1.54, 1.807) is 18.3 Å². The third kappa shape index (κ3) is 2.51. The molecule has 4 rings (SSSR count). The summed E-state index contributed by atoms with van der Waals surface area (Å²) in [4.78, 5) is 12.4. The van der Waals surface area contributed by atoms with Gasteiger partial charge >= 0.3 is 0 Å². The normalized spacial score (nSPS) is 10.8. The van der Waals surface area contributed by atoms with Gasteiger partial charge in [0, 0.05) is 11.1 Å². The van der Waals surface area contributed by atoms with Crippen molar-refractivity contribution in [3.63, 3.8) is 0 Å². The van der Waals surface area contributed by atoms with Crippen molar-refractivity contribution in [3.05, 3.63) is 84.6 Å². The lowest BCUT2D eigenvalue weighted by atomic mass is 10.1. The summed E-state index contributed by atoms with van der Waals surface area (Å²) >= 11 is 0. The molecule has 0 saturated heterocycles. The van der Waals surface area contributed by atoms with Crippen molar-refractivity contribution in [1.29, 1.82) is 0 Å². The number of nitrogens with zero attached hydrogens (tertiary/aromatic N) is 3. The number of benzene rings is 3. The number of carbonyl (C=O) groups excluding carboxylic acids is 1. The summed E-state index contributed by atoms with van der Waals surface area (Å²) in [5.74, 6) is -0.190. The zero-order valence-electron chi connectivity index (χ0n) is 12.3. The molecule has 4 nitrogen and oxygen atoms in total. The fourth-order valence-corrected chi connectivity index (χ4v) is 2.56. The molecular formula is C19H13N3O. The Hall–Kier alpha value is -3.27. The first-order chi connectivity index (χ1) is 11.3. The summed E-state index contributed by atoms with van der Waals surface area (Å²) in [6.45, 7) is 0. The minimum absolute atomic E-state index is 0.190. The van der Waals surface area contributed by atoms with Gasteiger partial charge in [0.25, 0.3) is 5.91 Å². The summed E-state index contributed by atoms with van der Waals surface area (Å²) in [5.41, 5.74) is 2.21. The van der Waals surface area contributed by atoms with Crippen molar-refractivity contribution >= 4 is 16.7 Å². The van der Waals surface area contributed by atoms with Crippen LogP contribution in [-0.2, 0) is 0 Å². The highest BCUT2D eigenvalue weighted by Gasteiger charge is 2.12. The number of hydrogen-bond acceptors (Lipinski definition) is 3. The first kappa shape index (κ1) is 13.4. The molecule has 0 saturated carbocycles. The second-order valence-corrected chi connectivity index (χ2v) is 5.28. The largest absolute Gasteiger partial charge is 0.279 e. The van der Waals surface area contributed by atoms with Gasteiger partial charge in [-0.1, -0.05) is 59.8 Å². The molecule has 0 aliphatic rings. The van der Waals surface area contributed by atoms with Crippen LogP contribution in [0.3, 0.4) is 0 Å². The average Bonchev–Trinajstić information content (AvgIpc) is 3.11. The van der Waals surface area contributed by atoms with Gasteiger partial charge in [-0.3, -0.25) is 4.79 Å². The minimum atomic E-state index is -0.190. The SMILES string of the molecule is O=C(c1ccccc1)n1cc(-c2ccc3ccccc3c2)nn1. The Kier molecular flexibility index (Phi) is 3.20. The van der Waals surface area contributed by atoms with Crippen molar-refractivity contribution in [3.8, 4) is 11.3 Å². The molecule has 23 heavy (non-hydrogen) atoms. The van der Waals surface area contributed by atoms with E-state index in [-0.39, 0.29) is 5.91 Å². The number of aromatic nitrogens is 3. The van der Waals surface area contributed by atoms with Crippen molar-refractivity contribution < 1.29 is 4.79 Å². The summed E-state index contributed by atoms with van der Waals surface area (Å²) < 4.78 is 1.28. The zero-order valence-corrected chi connectivity index (χ0v) is 12.3. The van der Waals surface area contributed by atoms with Crippen LogP contribution in [0.5, 0.6) is 0 Å². The van der Waals surface area contributed by atoms with Gasteiger partial charge in [-0.25, -0.2) is 0 Å². The highest BCUT2D eigenvalue weighted by molar-refractivity contribution is 5.95. The maximum absolute atomic E-state index is 12.4. The van der Waals surface area contributed by atoms with Gasteiger partial charge in [-0.05, 0) is 29.0 Å². The second-order valence-electron chi connectivity index (χ2n) is 5.28. The predicted octanol–water partition coefficient (Wildman–Crippen LogP) is 3.79. The third-order valence-corrected chi connectivity index (χ3v) is 3.77. The Morgan fingerprint density at radius 2 is 1.57 bits per heavy atom. The van der Waals surface area contributed by atoms with Gasteiger partial charge in [0.05, 0.1) is 6.20 Å². The topological polar surface area (TPSA) is 47.8 Å². The van der Waals surface area contributed by atoms with E-state index in [2.05, 4.69) is 28.5 Å². The van der Waals surface area contributed by atoms with Gasteiger partial charge in [0.15, 0.2) is 0 Å². The van der Waals surface area contributed by atoms with E-state index >= 15 is 0 Å². The van der Waals surface area contributed by atoms with Crippen molar-refractivity contribution in [2.45, 2.75) is 0 Å². The van der Waals surface area contributed by atoms with Gasteiger partial charge in [0.2, 0.25) is 0 Å². The Morgan fingerprint density at radius 3 is 2.39 bits per heavy atom. The summed E-state index contributed by atoms with van der Waals surface area (Å²) in [6.07, 6.45) is 1.67. The Morgan fingerprint density at radius 1 is 0.826 bits per heavy atom. The molecule has 1 aromatic heterocycles. The van der Waals surface area contributed by atoms with E-state index < -0.39 is 0 Å². The van der Waals surface area contributed by atoms with Crippen LogP contribution < -0.4 is 0 Å². The molecule has 0 radical (unpaired) electrons. The average molecular weight is 299 g/mol. The lowest BCUT2D eigenvalue weighted by molar-refractivity contribution is 0.0943. The van der Waals surface area contributed by atoms with Gasteiger partial charge in [0.1, 0.15) is 5.69 Å². The fraction of sp³-hybridized carbons (Fsp3) is 0. The highest BCUT2D eigenvalue weighted by Crippen LogP contribution is 2.22. The number of carbonyl (C=O) groups is 1. The second kappa shape index (κ2) is 5.50. The maximum atomic E-state index is 12.4. The van der Waals surface area contributed by atoms with Crippen molar-refractivity contribution in [1.82, 2.24) is 15.0 Å². The van der Waals surface area contributed by atoms with E-state index in [1.165, 1.54) is 10.1 Å². The number of hydrogen-bond donors (Lipinski definition) is 0. The van der Waals surface area contributed by atoms with E-state index in [9.17, 15) is 4.79 Å². The molecule has 0 aliphatic heterocycles. The summed E-state index contributed by atoms with van der Waals surface area (Å²) in [7, 11) is 0. The molecule has 0 amide bonds. The van der Waals surface area contributed by atoms with Gasteiger partial charge < -0.3 is 0 Å². The molecule has 1 heterocycles. The monoisotopic (exact) mass is 299 g/mol. The lowest BCUT2D eigenvalue weighted by Crippen LogP contribution is -2.12. The van der Waals surface area contributed by atoms with E-state index in [0.29, 0.717) is 11.3 Å². The lowest BCUT2D eigenvalue weighted by Gasteiger charge is -2.00. The maximum Gasteiger partial charge on any atom is 0.279 e. The Bertz CT molecular complexity index is 990. The van der Waals surface area contributed by atoms with Crippen molar-refractivity contribution in [2.75, 3.05) is 0 Å². The first-order valence-corrected chi connectivity index (χ1v) is 7.32. The van der Waals surface area contributed by atoms with E-state index in [1.807, 2.05) is 42.5 Å². The standard InChI is InChI=1S/C19H13N3O/c23-19(15-7-2-1-3-8-15)22-13-18(20-21-22)17-11-10-14-6-4-5-9-16(14)12-17/h1-13H. The van der Waals surface area contributed by atoms with Gasteiger partial charge in [-0.15, -0.1) is 5.10 Å². The predicted molar refractivity (Wildman–Crippen MR) is 89.1 cm³/mol. The molecule has 0 spiro atoms. The van der Waals surface area contributed by atoms with Crippen LogP contribution in [0.2, 0.25) is 0 Å². The van der Waals surface area contributed by atoms with Crippen LogP contribution in [-0.4, -0.2) is 20.9 Å². The molecule has 3 aromatic carbocycles. The quantitative estimate of drug-likeness (QED) is 0.566. The third-order valence-electron chi connectivity index (χ3n) is 3.77. The number of rotatable bonds is 2. The minimum Gasteiger partial charge on any atom is -0.267 e. The van der Waals surface area contributed by atoms with Gasteiger partial charge in [-0.2, -0.15) is 4.68 Å². The molecule has 0 bridgehead atoms. The molecule has 0 fully saturated rings. The molecule has 4 aromatic rings. The summed E-state index contributed by atoms with van der Waals surface area (Å²) in [5, 5.41) is 10.4. The first-order valence-electron chi connectivity index (χ1n) is 7.32. The van der Waals surface area contributed by atoms with Crippen molar-refractivity contribution in [2.24, 2.45) is 0 Å². The molecule has 0 N–H and O–H groups in total. The van der Waals surface area contributed by atoms with Crippen LogP contribution >= 0.6 is 0 Å². The molecule has 0 atom stereocenters. The van der Waals surface area contributed by atoms with Crippen LogP contribution in [0.25, 0.3) is 22.0 Å².